The van der Waals surface area contributed by atoms with Gasteiger partial charge in [-0.15, -0.1) is 0 Å². The minimum atomic E-state index is -1.06. The van der Waals surface area contributed by atoms with Gasteiger partial charge in [-0.25, -0.2) is 9.97 Å². The molecule has 5 nitrogen and oxygen atoms in total. The molecule has 1 N–H and O–H groups in total. The highest BCUT2D eigenvalue weighted by Gasteiger charge is 2.23. The van der Waals surface area contributed by atoms with E-state index in [0.717, 1.165) is 6.07 Å². The maximum atomic E-state index is 12.8. The first kappa shape index (κ1) is 12.9. The molecular formula is C13H11FN2O3. The summed E-state index contributed by atoms with van der Waals surface area (Å²) in [6.07, 6.45) is 2.62. The van der Waals surface area contributed by atoms with Crippen LogP contribution in [0.4, 0.5) is 4.39 Å². The number of ether oxygens (including phenoxy) is 1. The monoisotopic (exact) mass is 262 g/mol. The molecular weight excluding hydrogens is 251 g/mol. The molecule has 0 spiro atoms. The zero-order valence-electron chi connectivity index (χ0n) is 10.1. The van der Waals surface area contributed by atoms with Crippen LogP contribution in [-0.4, -0.2) is 28.2 Å². The van der Waals surface area contributed by atoms with E-state index in [4.69, 9.17) is 4.74 Å². The number of pyridine rings is 2. The van der Waals surface area contributed by atoms with E-state index >= 15 is 0 Å². The van der Waals surface area contributed by atoms with E-state index in [1.165, 1.54) is 25.6 Å². The summed E-state index contributed by atoms with van der Waals surface area (Å²) < 4.78 is 17.7. The Kier molecular flexibility index (Phi) is 3.70. The largest absolute Gasteiger partial charge is 0.481 e. The third kappa shape index (κ3) is 2.85. The van der Waals surface area contributed by atoms with Gasteiger partial charge < -0.3 is 9.84 Å². The fraction of sp³-hybridized carbons (Fsp3) is 0.154. The number of rotatable bonds is 4. The Labute approximate surface area is 108 Å². The maximum absolute atomic E-state index is 12.8. The number of nitrogens with zero attached hydrogens (tertiary/aromatic N) is 2. The highest BCUT2D eigenvalue weighted by Crippen LogP contribution is 2.25. The smallest absolute Gasteiger partial charge is 0.315 e. The molecule has 0 radical (unpaired) electrons. The third-order valence-electron chi connectivity index (χ3n) is 2.63. The summed E-state index contributed by atoms with van der Waals surface area (Å²) in [5, 5.41) is 9.30. The molecule has 0 aliphatic carbocycles. The van der Waals surface area contributed by atoms with Crippen LogP contribution < -0.4 is 4.74 Å². The van der Waals surface area contributed by atoms with Gasteiger partial charge in [0.25, 0.3) is 0 Å². The van der Waals surface area contributed by atoms with Gasteiger partial charge in [-0.1, -0.05) is 12.1 Å². The van der Waals surface area contributed by atoms with E-state index in [9.17, 15) is 14.3 Å². The summed E-state index contributed by atoms with van der Waals surface area (Å²) in [6, 6.07) is 5.70. The second-order valence-electron chi connectivity index (χ2n) is 3.82. The first-order chi connectivity index (χ1) is 9.11. The quantitative estimate of drug-likeness (QED) is 0.851. The molecule has 2 rings (SSSR count). The summed E-state index contributed by atoms with van der Waals surface area (Å²) >= 11 is 0. The Morgan fingerprint density at radius 2 is 1.84 bits per heavy atom. The first-order valence-electron chi connectivity index (χ1n) is 5.46. The van der Waals surface area contributed by atoms with E-state index in [0.29, 0.717) is 17.0 Å². The number of carboxylic acid groups (broad SMARTS) is 1. The minimum Gasteiger partial charge on any atom is -0.481 e. The van der Waals surface area contributed by atoms with E-state index in [1.807, 2.05) is 0 Å². The normalized spacial score (nSPS) is 11.9. The van der Waals surface area contributed by atoms with Crippen LogP contribution in [0.25, 0.3) is 0 Å². The molecule has 0 aliphatic rings. The number of methoxy groups -OCH3 is 1. The summed E-state index contributed by atoms with van der Waals surface area (Å²) in [7, 11) is 1.47. The predicted octanol–water partition coefficient (Wildman–Crippen LogP) is 1.84. The Morgan fingerprint density at radius 3 is 2.26 bits per heavy atom. The minimum absolute atomic E-state index is 0.390. The van der Waals surface area contributed by atoms with E-state index in [2.05, 4.69) is 9.97 Å². The molecule has 2 aromatic rings. The highest BCUT2D eigenvalue weighted by atomic mass is 19.1. The zero-order chi connectivity index (χ0) is 13.8. The third-order valence-corrected chi connectivity index (χ3v) is 2.63. The van der Waals surface area contributed by atoms with Crippen LogP contribution in [0.3, 0.4) is 0 Å². The average Bonchev–Trinajstić information content (AvgIpc) is 2.42. The molecule has 0 bridgehead atoms. The van der Waals surface area contributed by atoms with Gasteiger partial charge in [0.15, 0.2) is 0 Å². The number of aromatic nitrogens is 2. The van der Waals surface area contributed by atoms with Crippen molar-refractivity contribution < 1.29 is 19.0 Å². The van der Waals surface area contributed by atoms with E-state index in [-0.39, 0.29) is 0 Å². The molecule has 1 unspecified atom stereocenters. The van der Waals surface area contributed by atoms with Crippen LogP contribution in [0.1, 0.15) is 17.0 Å². The van der Waals surface area contributed by atoms with Crippen molar-refractivity contribution in [2.45, 2.75) is 5.92 Å². The summed E-state index contributed by atoms with van der Waals surface area (Å²) in [6.45, 7) is 0. The average molecular weight is 262 g/mol. The molecule has 2 heterocycles. The van der Waals surface area contributed by atoms with Crippen LogP contribution >= 0.6 is 0 Å². The van der Waals surface area contributed by atoms with Crippen molar-refractivity contribution in [2.24, 2.45) is 0 Å². The lowest BCUT2D eigenvalue weighted by atomic mass is 9.94. The van der Waals surface area contributed by atoms with Crippen LogP contribution in [-0.2, 0) is 4.79 Å². The second kappa shape index (κ2) is 5.43. The molecule has 0 saturated heterocycles. The van der Waals surface area contributed by atoms with Gasteiger partial charge in [0.05, 0.1) is 7.11 Å². The Morgan fingerprint density at radius 1 is 1.21 bits per heavy atom. The fourth-order valence-electron chi connectivity index (χ4n) is 1.72. The lowest BCUT2D eigenvalue weighted by Gasteiger charge is -2.12. The zero-order valence-corrected chi connectivity index (χ0v) is 10.1. The summed E-state index contributed by atoms with van der Waals surface area (Å²) in [4.78, 5) is 18.8. The number of carboxylic acids is 1. The van der Waals surface area contributed by atoms with E-state index in [1.54, 1.807) is 12.1 Å². The maximum Gasteiger partial charge on any atom is 0.315 e. The molecule has 6 heteroatoms. The number of hydrogen-bond donors (Lipinski definition) is 1. The highest BCUT2D eigenvalue weighted by molar-refractivity contribution is 5.80. The lowest BCUT2D eigenvalue weighted by molar-refractivity contribution is -0.137. The Balaban J connectivity index is 2.39. The van der Waals surface area contributed by atoms with Crippen LogP contribution in [0.15, 0.2) is 36.7 Å². The number of aliphatic carboxylic acids is 1. The molecule has 1 atom stereocenters. The van der Waals surface area contributed by atoms with Crippen molar-refractivity contribution in [1.29, 1.82) is 0 Å². The molecule has 19 heavy (non-hydrogen) atoms. The standard InChI is InChI=1S/C13H11FN2O3/c1-19-11-5-3-9(7-16-11)12(13(17)18)8-2-4-10(14)15-6-8/h2-7,12H,1H3,(H,17,18). The van der Waals surface area contributed by atoms with Crippen molar-refractivity contribution in [3.05, 3.63) is 53.7 Å². The van der Waals surface area contributed by atoms with Gasteiger partial charge in [0, 0.05) is 18.5 Å². The van der Waals surface area contributed by atoms with Crippen molar-refractivity contribution in [3.8, 4) is 5.88 Å². The molecule has 0 fully saturated rings. The van der Waals surface area contributed by atoms with E-state index < -0.39 is 17.8 Å². The number of halogens is 1. The first-order valence-corrected chi connectivity index (χ1v) is 5.46. The van der Waals surface area contributed by atoms with Crippen molar-refractivity contribution in [2.75, 3.05) is 7.11 Å². The van der Waals surface area contributed by atoms with Gasteiger partial charge >= 0.3 is 5.97 Å². The van der Waals surface area contributed by atoms with Gasteiger partial charge in [0.2, 0.25) is 11.8 Å². The molecule has 0 aliphatic heterocycles. The van der Waals surface area contributed by atoms with Crippen molar-refractivity contribution in [1.82, 2.24) is 9.97 Å². The van der Waals surface area contributed by atoms with Crippen LogP contribution in [0.2, 0.25) is 0 Å². The number of hydrogen-bond acceptors (Lipinski definition) is 4. The molecule has 0 amide bonds. The van der Waals surface area contributed by atoms with Crippen molar-refractivity contribution >= 4 is 5.97 Å². The molecule has 0 saturated carbocycles. The second-order valence-corrected chi connectivity index (χ2v) is 3.82. The van der Waals surface area contributed by atoms with Crippen molar-refractivity contribution in [3.63, 3.8) is 0 Å². The fourth-order valence-corrected chi connectivity index (χ4v) is 1.72. The van der Waals surface area contributed by atoms with Gasteiger partial charge in [-0.05, 0) is 17.2 Å². The topological polar surface area (TPSA) is 72.3 Å². The van der Waals surface area contributed by atoms with Gasteiger partial charge in [0.1, 0.15) is 5.92 Å². The SMILES string of the molecule is COc1ccc(C(C(=O)O)c2ccc(F)nc2)cn1. The Hall–Kier alpha value is -2.50. The summed E-state index contributed by atoms with van der Waals surface area (Å²) in [5.41, 5.74) is 0.863. The van der Waals surface area contributed by atoms with Crippen LogP contribution in [0, 0.1) is 5.95 Å². The Bertz CT molecular complexity index is 569. The molecule has 0 aromatic carbocycles. The molecule has 2 aromatic heterocycles. The molecule has 98 valence electrons. The van der Waals surface area contributed by atoms with Gasteiger partial charge in [-0.2, -0.15) is 4.39 Å². The van der Waals surface area contributed by atoms with Gasteiger partial charge in [-0.3, -0.25) is 4.79 Å². The number of carbonyl (C=O) groups is 1. The summed E-state index contributed by atoms with van der Waals surface area (Å²) in [5.74, 6) is -2.25. The van der Waals surface area contributed by atoms with Crippen LogP contribution in [0.5, 0.6) is 5.88 Å². The predicted molar refractivity (Wildman–Crippen MR) is 64.5 cm³/mol. The lowest BCUT2D eigenvalue weighted by Crippen LogP contribution is -2.13.